The molecule has 5 nitrogen and oxygen atoms in total. The Morgan fingerprint density at radius 3 is 2.67 bits per heavy atom. The minimum absolute atomic E-state index is 0.164. The van der Waals surface area contributed by atoms with E-state index in [-0.39, 0.29) is 18.3 Å². The first kappa shape index (κ1) is 19.1. The van der Waals surface area contributed by atoms with E-state index in [0.29, 0.717) is 23.1 Å². The highest BCUT2D eigenvalue weighted by molar-refractivity contribution is 6.30. The van der Waals surface area contributed by atoms with Gasteiger partial charge in [0.2, 0.25) is 5.91 Å². The molecule has 0 saturated heterocycles. The van der Waals surface area contributed by atoms with Crippen LogP contribution in [0.15, 0.2) is 54.6 Å². The third-order valence-corrected chi connectivity index (χ3v) is 4.16. The number of benzene rings is 2. The van der Waals surface area contributed by atoms with E-state index in [2.05, 4.69) is 10.4 Å². The normalized spacial score (nSPS) is 11.0. The number of nitrogens with zero attached hydrogens (tertiary/aromatic N) is 3. The lowest BCUT2D eigenvalue weighted by molar-refractivity contribution is -0.117. The van der Waals surface area contributed by atoms with Crippen LogP contribution in [0.3, 0.4) is 0 Å². The van der Waals surface area contributed by atoms with Gasteiger partial charge in [-0.1, -0.05) is 23.7 Å². The summed E-state index contributed by atoms with van der Waals surface area (Å²) in [4.78, 5) is 14.3. The fourth-order valence-electron chi connectivity index (χ4n) is 2.80. The number of halogens is 2. The van der Waals surface area contributed by atoms with E-state index in [9.17, 15) is 9.18 Å². The van der Waals surface area contributed by atoms with Crippen LogP contribution in [-0.4, -0.2) is 34.2 Å². The Morgan fingerprint density at radius 2 is 1.96 bits per heavy atom. The van der Waals surface area contributed by atoms with Gasteiger partial charge < -0.3 is 5.32 Å². The predicted molar refractivity (Wildman–Crippen MR) is 105 cm³/mol. The zero-order chi connectivity index (χ0) is 19.4. The zero-order valence-electron chi connectivity index (χ0n) is 15.1. The third kappa shape index (κ3) is 5.15. The Labute approximate surface area is 162 Å². The molecule has 0 unspecified atom stereocenters. The van der Waals surface area contributed by atoms with Crippen molar-refractivity contribution in [1.29, 1.82) is 0 Å². The van der Waals surface area contributed by atoms with E-state index in [1.54, 1.807) is 22.9 Å². The topological polar surface area (TPSA) is 50.2 Å². The quantitative estimate of drug-likeness (QED) is 0.695. The summed E-state index contributed by atoms with van der Waals surface area (Å²) in [6.45, 7) is 2.64. The number of aromatic nitrogens is 2. The van der Waals surface area contributed by atoms with Crippen molar-refractivity contribution in [2.75, 3.05) is 18.9 Å². The van der Waals surface area contributed by atoms with E-state index in [4.69, 9.17) is 11.6 Å². The molecule has 3 aromatic rings. The maximum absolute atomic E-state index is 13.2. The molecule has 0 radical (unpaired) electrons. The summed E-state index contributed by atoms with van der Waals surface area (Å²) in [6, 6.07) is 15.3. The van der Waals surface area contributed by atoms with Gasteiger partial charge in [0, 0.05) is 17.6 Å². The second kappa shape index (κ2) is 8.33. The second-order valence-electron chi connectivity index (χ2n) is 6.41. The summed E-state index contributed by atoms with van der Waals surface area (Å²) in [5, 5.41) is 7.91. The number of hydrogen-bond acceptors (Lipinski definition) is 3. The van der Waals surface area contributed by atoms with Crippen LogP contribution >= 0.6 is 11.6 Å². The summed E-state index contributed by atoms with van der Waals surface area (Å²) in [6.07, 6.45) is 0. The largest absolute Gasteiger partial charge is 0.309 e. The molecule has 0 fully saturated rings. The molecule has 0 bridgehead atoms. The van der Waals surface area contributed by atoms with Crippen LogP contribution in [0.4, 0.5) is 10.2 Å². The van der Waals surface area contributed by atoms with Crippen LogP contribution in [-0.2, 0) is 11.3 Å². The van der Waals surface area contributed by atoms with Crippen molar-refractivity contribution in [3.8, 4) is 5.69 Å². The summed E-state index contributed by atoms with van der Waals surface area (Å²) in [5.41, 5.74) is 2.46. The minimum atomic E-state index is -0.323. The smallest absolute Gasteiger partial charge is 0.239 e. The number of anilines is 1. The summed E-state index contributed by atoms with van der Waals surface area (Å²) in [5.74, 6) is 0.0545. The number of nitrogens with one attached hydrogen (secondary N) is 1. The molecule has 140 valence electrons. The van der Waals surface area contributed by atoms with Crippen LogP contribution < -0.4 is 5.32 Å². The molecular weight excluding hydrogens is 367 g/mol. The molecule has 7 heteroatoms. The lowest BCUT2D eigenvalue weighted by atomic mass is 10.2. The third-order valence-electron chi connectivity index (χ3n) is 3.93. The number of rotatable bonds is 6. The van der Waals surface area contributed by atoms with Crippen LogP contribution in [0.1, 0.15) is 11.3 Å². The van der Waals surface area contributed by atoms with Gasteiger partial charge in [0.25, 0.3) is 0 Å². The molecule has 0 aliphatic heterocycles. The average molecular weight is 387 g/mol. The Bertz CT molecular complexity index is 939. The predicted octanol–water partition coefficient (Wildman–Crippen LogP) is 4.04. The van der Waals surface area contributed by atoms with Crippen LogP contribution in [0.25, 0.3) is 5.69 Å². The SMILES string of the molecule is Cc1cc(NC(=O)CN(C)Cc2cccc(Cl)c2)n(-c2ccc(F)cc2)n1. The fraction of sp³-hybridized carbons (Fsp3) is 0.200. The number of carbonyl (C=O) groups excluding carboxylic acids is 1. The lowest BCUT2D eigenvalue weighted by Gasteiger charge is -2.17. The van der Waals surface area contributed by atoms with Gasteiger partial charge >= 0.3 is 0 Å². The zero-order valence-corrected chi connectivity index (χ0v) is 15.9. The minimum Gasteiger partial charge on any atom is -0.309 e. The molecule has 0 spiro atoms. The average Bonchev–Trinajstić information content (AvgIpc) is 2.95. The second-order valence-corrected chi connectivity index (χ2v) is 6.85. The molecule has 3 rings (SSSR count). The van der Waals surface area contributed by atoms with Crippen LogP contribution in [0.5, 0.6) is 0 Å². The van der Waals surface area contributed by atoms with Crippen molar-refractivity contribution in [2.24, 2.45) is 0 Å². The van der Waals surface area contributed by atoms with Crippen LogP contribution in [0, 0.1) is 12.7 Å². The van der Waals surface area contributed by atoms with E-state index >= 15 is 0 Å². The first-order valence-corrected chi connectivity index (χ1v) is 8.84. The van der Waals surface area contributed by atoms with E-state index in [1.165, 1.54) is 12.1 Å². The Kier molecular flexibility index (Phi) is 5.88. The van der Waals surface area contributed by atoms with Crippen molar-refractivity contribution in [1.82, 2.24) is 14.7 Å². The highest BCUT2D eigenvalue weighted by atomic mass is 35.5. The number of carbonyl (C=O) groups is 1. The summed E-state index contributed by atoms with van der Waals surface area (Å²) < 4.78 is 14.7. The van der Waals surface area contributed by atoms with Crippen molar-refractivity contribution >= 4 is 23.3 Å². The van der Waals surface area contributed by atoms with Gasteiger partial charge in [0.05, 0.1) is 17.9 Å². The van der Waals surface area contributed by atoms with Gasteiger partial charge in [-0.3, -0.25) is 9.69 Å². The maximum atomic E-state index is 13.2. The first-order chi connectivity index (χ1) is 12.9. The van der Waals surface area contributed by atoms with Gasteiger partial charge in [-0.2, -0.15) is 5.10 Å². The molecule has 1 heterocycles. The molecule has 2 aromatic carbocycles. The van der Waals surface area contributed by atoms with Gasteiger partial charge in [-0.25, -0.2) is 9.07 Å². The molecule has 0 aliphatic carbocycles. The molecule has 0 atom stereocenters. The van der Waals surface area contributed by atoms with Crippen molar-refractivity contribution in [3.63, 3.8) is 0 Å². The number of hydrogen-bond donors (Lipinski definition) is 1. The fourth-order valence-corrected chi connectivity index (χ4v) is 3.01. The molecule has 0 saturated carbocycles. The monoisotopic (exact) mass is 386 g/mol. The van der Waals surface area contributed by atoms with E-state index in [1.807, 2.05) is 43.1 Å². The van der Waals surface area contributed by atoms with Gasteiger partial charge in [-0.15, -0.1) is 0 Å². The van der Waals surface area contributed by atoms with Gasteiger partial charge in [0.1, 0.15) is 11.6 Å². The van der Waals surface area contributed by atoms with Crippen molar-refractivity contribution in [3.05, 3.63) is 76.7 Å². The Hall–Kier alpha value is -2.70. The molecule has 1 N–H and O–H groups in total. The van der Waals surface area contributed by atoms with Crippen molar-refractivity contribution in [2.45, 2.75) is 13.5 Å². The van der Waals surface area contributed by atoms with Crippen LogP contribution in [0.2, 0.25) is 5.02 Å². The maximum Gasteiger partial charge on any atom is 0.239 e. The lowest BCUT2D eigenvalue weighted by Crippen LogP contribution is -2.30. The van der Waals surface area contributed by atoms with Crippen molar-refractivity contribution < 1.29 is 9.18 Å². The molecule has 27 heavy (non-hydrogen) atoms. The van der Waals surface area contributed by atoms with Gasteiger partial charge in [-0.05, 0) is 55.9 Å². The summed E-state index contributed by atoms with van der Waals surface area (Å²) >= 11 is 6.00. The molecular formula is C20H20ClFN4O. The highest BCUT2D eigenvalue weighted by Gasteiger charge is 2.13. The Balaban J connectivity index is 1.66. The number of likely N-dealkylation sites (N-methyl/N-ethyl adjacent to an activating group) is 1. The standard InChI is InChI=1S/C20H20ClFN4O/c1-14-10-19(26(24-14)18-8-6-17(22)7-9-18)23-20(27)13-25(2)12-15-4-3-5-16(21)11-15/h3-11H,12-13H2,1-2H3,(H,23,27). The number of aryl methyl sites for hydroxylation is 1. The molecule has 1 aromatic heterocycles. The van der Waals surface area contributed by atoms with E-state index < -0.39 is 0 Å². The molecule has 0 aliphatic rings. The highest BCUT2D eigenvalue weighted by Crippen LogP contribution is 2.18. The van der Waals surface area contributed by atoms with E-state index in [0.717, 1.165) is 11.3 Å². The summed E-state index contributed by atoms with van der Waals surface area (Å²) in [7, 11) is 1.86. The Morgan fingerprint density at radius 1 is 1.22 bits per heavy atom. The first-order valence-electron chi connectivity index (χ1n) is 8.46. The molecule has 1 amide bonds. The van der Waals surface area contributed by atoms with Gasteiger partial charge in [0.15, 0.2) is 0 Å². The number of amides is 1.